The quantitative estimate of drug-likeness (QED) is 0.801. The molecule has 80 valence electrons. The zero-order valence-electron chi connectivity index (χ0n) is 9.07. The van der Waals surface area contributed by atoms with Gasteiger partial charge in [-0.3, -0.25) is 0 Å². The van der Waals surface area contributed by atoms with Gasteiger partial charge in [-0.15, -0.1) is 0 Å². The van der Waals surface area contributed by atoms with Gasteiger partial charge in [0.05, 0.1) is 6.10 Å². The van der Waals surface area contributed by atoms with Crippen LogP contribution in [0.25, 0.3) is 6.08 Å². The number of benzene rings is 1. The molecule has 0 amide bonds. The highest BCUT2D eigenvalue weighted by Gasteiger charge is 2.17. The van der Waals surface area contributed by atoms with Crippen molar-refractivity contribution in [3.63, 3.8) is 0 Å². The van der Waals surface area contributed by atoms with Crippen molar-refractivity contribution in [3.8, 4) is 5.75 Å². The Morgan fingerprint density at radius 2 is 2.40 bits per heavy atom. The summed E-state index contributed by atoms with van der Waals surface area (Å²) in [5, 5.41) is 0. The average Bonchev–Trinajstić information content (AvgIpc) is 2.25. The van der Waals surface area contributed by atoms with Crippen LogP contribution in [0.2, 0.25) is 0 Å². The Hall–Kier alpha value is -1.28. The maximum atomic E-state index is 5.79. The van der Waals surface area contributed by atoms with Crippen molar-refractivity contribution < 1.29 is 4.74 Å². The lowest BCUT2D eigenvalue weighted by Crippen LogP contribution is -2.19. The third-order valence-electron chi connectivity index (χ3n) is 2.73. The molecule has 1 atom stereocenters. The first-order valence-electron chi connectivity index (χ1n) is 5.46. The van der Waals surface area contributed by atoms with Gasteiger partial charge in [0.2, 0.25) is 0 Å². The summed E-state index contributed by atoms with van der Waals surface area (Å²) in [4.78, 5) is 0. The number of hydrogen-bond acceptors (Lipinski definition) is 2. The highest BCUT2D eigenvalue weighted by molar-refractivity contribution is 5.58. The molecule has 1 aliphatic rings. The summed E-state index contributed by atoms with van der Waals surface area (Å²) in [6.07, 6.45) is 6.60. The molecular weight excluding hydrogens is 186 g/mol. The summed E-state index contributed by atoms with van der Waals surface area (Å²) < 4.78 is 5.79. The lowest BCUT2D eigenvalue weighted by atomic mass is 9.97. The first-order valence-corrected chi connectivity index (χ1v) is 5.46. The van der Waals surface area contributed by atoms with Gasteiger partial charge in [-0.1, -0.05) is 24.3 Å². The van der Waals surface area contributed by atoms with Crippen molar-refractivity contribution in [2.45, 2.75) is 25.9 Å². The molecule has 1 aliphatic heterocycles. The van der Waals surface area contributed by atoms with E-state index >= 15 is 0 Å². The largest absolute Gasteiger partial charge is 0.490 e. The molecule has 0 fully saturated rings. The SMILES string of the molecule is CC1CCc2c(/C=C/CN)cccc2O1. The molecule has 0 saturated heterocycles. The second-order valence-electron chi connectivity index (χ2n) is 3.93. The van der Waals surface area contributed by atoms with Gasteiger partial charge in [-0.25, -0.2) is 0 Å². The fourth-order valence-electron chi connectivity index (χ4n) is 1.93. The standard InChI is InChI=1S/C13H17NO/c1-10-7-8-12-11(5-3-9-14)4-2-6-13(12)15-10/h2-6,10H,7-9,14H2,1H3/b5-3+. The second kappa shape index (κ2) is 4.49. The van der Waals surface area contributed by atoms with Crippen LogP contribution < -0.4 is 10.5 Å². The Kier molecular flexibility index (Phi) is 3.07. The fraction of sp³-hybridized carbons (Fsp3) is 0.385. The molecule has 1 aromatic rings. The van der Waals surface area contributed by atoms with Crippen LogP contribution in [0.15, 0.2) is 24.3 Å². The molecule has 2 N–H and O–H groups in total. The second-order valence-corrected chi connectivity index (χ2v) is 3.93. The van der Waals surface area contributed by atoms with E-state index in [4.69, 9.17) is 10.5 Å². The zero-order chi connectivity index (χ0) is 10.7. The van der Waals surface area contributed by atoms with E-state index in [1.807, 2.05) is 18.2 Å². The van der Waals surface area contributed by atoms with Crippen molar-refractivity contribution in [1.29, 1.82) is 0 Å². The predicted molar refractivity (Wildman–Crippen MR) is 62.9 cm³/mol. The van der Waals surface area contributed by atoms with Crippen LogP contribution in [0.3, 0.4) is 0 Å². The highest BCUT2D eigenvalue weighted by atomic mass is 16.5. The van der Waals surface area contributed by atoms with Gasteiger partial charge in [-0.2, -0.15) is 0 Å². The third-order valence-corrected chi connectivity index (χ3v) is 2.73. The third kappa shape index (κ3) is 2.21. The Morgan fingerprint density at radius 3 is 3.20 bits per heavy atom. The fourth-order valence-corrected chi connectivity index (χ4v) is 1.93. The summed E-state index contributed by atoms with van der Waals surface area (Å²) in [5.41, 5.74) is 8.02. The van der Waals surface area contributed by atoms with Crippen LogP contribution in [-0.2, 0) is 6.42 Å². The Bertz CT molecular complexity index is 371. The van der Waals surface area contributed by atoms with Gasteiger partial charge in [0.15, 0.2) is 0 Å². The highest BCUT2D eigenvalue weighted by Crippen LogP contribution is 2.30. The molecule has 15 heavy (non-hydrogen) atoms. The van der Waals surface area contributed by atoms with Crippen LogP contribution in [0.4, 0.5) is 0 Å². The van der Waals surface area contributed by atoms with E-state index in [0.29, 0.717) is 12.6 Å². The summed E-state index contributed by atoms with van der Waals surface area (Å²) >= 11 is 0. The van der Waals surface area contributed by atoms with Gasteiger partial charge < -0.3 is 10.5 Å². The average molecular weight is 203 g/mol. The Labute approximate surface area is 90.7 Å². The summed E-state index contributed by atoms with van der Waals surface area (Å²) in [6.45, 7) is 2.70. The number of fused-ring (bicyclic) bond motifs is 1. The van der Waals surface area contributed by atoms with Gasteiger partial charge in [0, 0.05) is 12.1 Å². The molecule has 0 saturated carbocycles. The van der Waals surface area contributed by atoms with E-state index in [2.05, 4.69) is 19.1 Å². The molecular formula is C13H17NO. The minimum atomic E-state index is 0.339. The van der Waals surface area contributed by atoms with Crippen molar-refractivity contribution in [2.24, 2.45) is 5.73 Å². The smallest absolute Gasteiger partial charge is 0.123 e. The lowest BCUT2D eigenvalue weighted by molar-refractivity contribution is 0.192. The molecule has 1 heterocycles. The number of rotatable bonds is 2. The monoisotopic (exact) mass is 203 g/mol. The van der Waals surface area contributed by atoms with Gasteiger partial charge in [0.25, 0.3) is 0 Å². The normalized spacial score (nSPS) is 20.0. The van der Waals surface area contributed by atoms with Gasteiger partial charge in [0.1, 0.15) is 5.75 Å². The molecule has 0 aromatic heterocycles. The van der Waals surface area contributed by atoms with Gasteiger partial charge >= 0.3 is 0 Å². The van der Waals surface area contributed by atoms with E-state index in [1.54, 1.807) is 0 Å². The van der Waals surface area contributed by atoms with Crippen LogP contribution >= 0.6 is 0 Å². The van der Waals surface area contributed by atoms with Crippen molar-refractivity contribution in [2.75, 3.05) is 6.54 Å². The summed E-state index contributed by atoms with van der Waals surface area (Å²) in [7, 11) is 0. The van der Waals surface area contributed by atoms with Crippen LogP contribution in [0.5, 0.6) is 5.75 Å². The lowest BCUT2D eigenvalue weighted by Gasteiger charge is -2.24. The molecule has 0 spiro atoms. The van der Waals surface area contributed by atoms with Crippen LogP contribution in [-0.4, -0.2) is 12.6 Å². The van der Waals surface area contributed by atoms with E-state index in [1.165, 1.54) is 11.1 Å². The minimum absolute atomic E-state index is 0.339. The molecule has 2 nitrogen and oxygen atoms in total. The maximum Gasteiger partial charge on any atom is 0.123 e. The molecule has 0 bridgehead atoms. The molecule has 2 heteroatoms. The van der Waals surface area contributed by atoms with E-state index in [9.17, 15) is 0 Å². The van der Waals surface area contributed by atoms with E-state index in [-0.39, 0.29) is 0 Å². The van der Waals surface area contributed by atoms with Crippen LogP contribution in [0, 0.1) is 0 Å². The number of ether oxygens (including phenoxy) is 1. The zero-order valence-corrected chi connectivity index (χ0v) is 9.07. The van der Waals surface area contributed by atoms with Crippen molar-refractivity contribution in [3.05, 3.63) is 35.4 Å². The van der Waals surface area contributed by atoms with Crippen molar-refractivity contribution >= 4 is 6.08 Å². The Morgan fingerprint density at radius 1 is 1.53 bits per heavy atom. The topological polar surface area (TPSA) is 35.2 Å². The van der Waals surface area contributed by atoms with Crippen LogP contribution in [0.1, 0.15) is 24.5 Å². The van der Waals surface area contributed by atoms with Crippen molar-refractivity contribution in [1.82, 2.24) is 0 Å². The summed E-state index contributed by atoms with van der Waals surface area (Å²) in [5.74, 6) is 1.04. The molecule has 0 radical (unpaired) electrons. The number of nitrogens with two attached hydrogens (primary N) is 1. The van der Waals surface area contributed by atoms with E-state index in [0.717, 1.165) is 18.6 Å². The number of hydrogen-bond donors (Lipinski definition) is 1. The minimum Gasteiger partial charge on any atom is -0.490 e. The predicted octanol–water partition coefficient (Wildman–Crippen LogP) is 2.37. The molecule has 2 rings (SSSR count). The Balaban J connectivity index is 2.33. The first kappa shape index (κ1) is 10.2. The molecule has 1 aromatic carbocycles. The maximum absolute atomic E-state index is 5.79. The van der Waals surface area contributed by atoms with Gasteiger partial charge in [-0.05, 0) is 31.4 Å². The molecule has 1 unspecified atom stereocenters. The molecule has 0 aliphatic carbocycles. The first-order chi connectivity index (χ1) is 7.31. The summed E-state index contributed by atoms with van der Waals surface area (Å²) in [6, 6.07) is 6.20. The van der Waals surface area contributed by atoms with E-state index < -0.39 is 0 Å².